The Morgan fingerprint density at radius 1 is 1.13 bits per heavy atom. The molecule has 2 amide bonds. The summed E-state index contributed by atoms with van der Waals surface area (Å²) >= 11 is 0. The highest BCUT2D eigenvalue weighted by Gasteiger charge is 2.56. The molecule has 5 heterocycles. The number of fused-ring (bicyclic) bond motifs is 1. The number of hydrogen-bond donors (Lipinski definition) is 2. The molecule has 4 aromatic heterocycles. The molecule has 0 spiro atoms. The standard InChI is InChI=1S/C29H30F5N9O4/c1-14-36-20(40-46-14)11-27(10-19(29(32,33)34)38-26(27)45)9-15-8-21-37-18(13-43(21)35-12-15)22(17-4-6-28(30,31)7-5-17)39-25(44)24-23(16-2-3-16)41-47-42-24/h8,12-13,16-17,19,22H,2-7,9-11H2,1H3,(H,38,45)(H,39,44)/t19-,22-,27-/m0/s1. The highest BCUT2D eigenvalue weighted by molar-refractivity contribution is 5.93. The van der Waals surface area contributed by atoms with Gasteiger partial charge in [-0.15, -0.1) is 0 Å². The van der Waals surface area contributed by atoms with Crippen molar-refractivity contribution in [3.05, 3.63) is 52.8 Å². The SMILES string of the molecule is Cc1nc(C[C@]2(Cc3cnn4cc([C@@H](NC(=O)c5nonc5C5CC5)C5CCC(F)(F)CC5)nc4c3)C[C@@H](C(F)(F)F)NC2=O)no1. The second-order valence-corrected chi connectivity index (χ2v) is 12.9. The molecule has 250 valence electrons. The van der Waals surface area contributed by atoms with E-state index in [1.54, 1.807) is 12.3 Å². The summed E-state index contributed by atoms with van der Waals surface area (Å²) in [4.78, 5) is 35.3. The maximum Gasteiger partial charge on any atom is 0.408 e. The monoisotopic (exact) mass is 663 g/mol. The van der Waals surface area contributed by atoms with E-state index in [0.29, 0.717) is 17.0 Å². The summed E-state index contributed by atoms with van der Waals surface area (Å²) in [5, 5.41) is 20.8. The first-order valence-corrected chi connectivity index (χ1v) is 15.3. The highest BCUT2D eigenvalue weighted by atomic mass is 19.4. The van der Waals surface area contributed by atoms with E-state index in [9.17, 15) is 31.5 Å². The van der Waals surface area contributed by atoms with Crippen molar-refractivity contribution in [2.45, 2.75) is 94.8 Å². The minimum atomic E-state index is -4.66. The van der Waals surface area contributed by atoms with Crippen LogP contribution in [0.5, 0.6) is 0 Å². The van der Waals surface area contributed by atoms with Crippen LogP contribution in [0.4, 0.5) is 22.0 Å². The molecule has 1 aliphatic heterocycles. The van der Waals surface area contributed by atoms with E-state index in [0.717, 1.165) is 12.8 Å². The van der Waals surface area contributed by atoms with Crippen LogP contribution in [0.3, 0.4) is 0 Å². The molecule has 0 bridgehead atoms. The Hall–Kier alpha value is -4.51. The molecule has 7 rings (SSSR count). The Morgan fingerprint density at radius 2 is 1.89 bits per heavy atom. The summed E-state index contributed by atoms with van der Waals surface area (Å²) in [7, 11) is 0. The molecule has 0 unspecified atom stereocenters. The van der Waals surface area contributed by atoms with Gasteiger partial charge in [0.25, 0.3) is 5.91 Å². The number of carbonyl (C=O) groups is 2. The summed E-state index contributed by atoms with van der Waals surface area (Å²) in [6.45, 7) is 1.54. The predicted octanol–water partition coefficient (Wildman–Crippen LogP) is 4.20. The summed E-state index contributed by atoms with van der Waals surface area (Å²) in [6, 6.07) is -1.24. The smallest absolute Gasteiger partial charge is 0.344 e. The minimum Gasteiger partial charge on any atom is -0.344 e. The zero-order valence-corrected chi connectivity index (χ0v) is 25.1. The van der Waals surface area contributed by atoms with Gasteiger partial charge < -0.3 is 15.2 Å². The molecule has 2 saturated carbocycles. The number of aryl methyl sites for hydroxylation is 1. The largest absolute Gasteiger partial charge is 0.408 e. The van der Waals surface area contributed by atoms with Gasteiger partial charge >= 0.3 is 6.18 Å². The van der Waals surface area contributed by atoms with Crippen molar-refractivity contribution in [2.75, 3.05) is 0 Å². The molecule has 3 fully saturated rings. The van der Waals surface area contributed by atoms with E-state index in [1.807, 2.05) is 0 Å². The number of halogens is 5. The van der Waals surface area contributed by atoms with Crippen LogP contribution in [0.2, 0.25) is 0 Å². The van der Waals surface area contributed by atoms with Gasteiger partial charge in [-0.2, -0.15) is 23.3 Å². The number of alkyl halides is 5. The third-order valence-corrected chi connectivity index (χ3v) is 9.31. The Kier molecular flexibility index (Phi) is 7.50. The van der Waals surface area contributed by atoms with Gasteiger partial charge in [0, 0.05) is 32.1 Å². The second-order valence-electron chi connectivity index (χ2n) is 12.9. The maximum atomic E-state index is 14.1. The van der Waals surface area contributed by atoms with Crippen LogP contribution in [-0.4, -0.2) is 65.0 Å². The molecule has 2 N–H and O–H groups in total. The van der Waals surface area contributed by atoms with Crippen molar-refractivity contribution in [1.29, 1.82) is 0 Å². The fraction of sp³-hybridized carbons (Fsp3) is 0.586. The first kappa shape index (κ1) is 31.1. The zero-order valence-electron chi connectivity index (χ0n) is 25.1. The molecular formula is C29H30F5N9O4. The van der Waals surface area contributed by atoms with Gasteiger partial charge in [-0.25, -0.2) is 22.9 Å². The summed E-state index contributed by atoms with van der Waals surface area (Å²) in [6.07, 6.45) is -1.27. The maximum absolute atomic E-state index is 14.1. The van der Waals surface area contributed by atoms with Crippen LogP contribution in [0, 0.1) is 18.3 Å². The van der Waals surface area contributed by atoms with E-state index in [2.05, 4.69) is 41.2 Å². The Bertz CT molecular complexity index is 1810. The molecule has 47 heavy (non-hydrogen) atoms. The quantitative estimate of drug-likeness (QED) is 0.248. The van der Waals surface area contributed by atoms with Crippen LogP contribution < -0.4 is 10.6 Å². The number of hydrogen-bond acceptors (Lipinski definition) is 10. The fourth-order valence-corrected chi connectivity index (χ4v) is 6.71. The fourth-order valence-electron chi connectivity index (χ4n) is 6.71. The number of nitrogens with one attached hydrogen (secondary N) is 2. The van der Waals surface area contributed by atoms with E-state index in [4.69, 9.17) is 9.15 Å². The van der Waals surface area contributed by atoms with E-state index >= 15 is 0 Å². The lowest BCUT2D eigenvalue weighted by atomic mass is 9.76. The Balaban J connectivity index is 1.18. The molecule has 1 saturated heterocycles. The van der Waals surface area contributed by atoms with E-state index in [1.165, 1.54) is 17.6 Å². The van der Waals surface area contributed by atoms with Crippen LogP contribution in [0.1, 0.15) is 96.1 Å². The molecule has 3 aliphatic rings. The zero-order chi connectivity index (χ0) is 33.1. The summed E-state index contributed by atoms with van der Waals surface area (Å²) in [5.74, 6) is -4.16. The molecule has 13 nitrogen and oxygen atoms in total. The van der Waals surface area contributed by atoms with Crippen molar-refractivity contribution in [3.63, 3.8) is 0 Å². The molecule has 0 radical (unpaired) electrons. The van der Waals surface area contributed by atoms with E-state index < -0.39 is 47.8 Å². The molecule has 0 aromatic carbocycles. The number of nitrogens with zero attached hydrogens (tertiary/aromatic N) is 7. The third kappa shape index (κ3) is 6.28. The number of amides is 2. The third-order valence-electron chi connectivity index (χ3n) is 9.31. The average molecular weight is 664 g/mol. The van der Waals surface area contributed by atoms with Crippen molar-refractivity contribution >= 4 is 17.5 Å². The first-order chi connectivity index (χ1) is 22.3. The number of imidazole rings is 1. The molecule has 18 heteroatoms. The van der Waals surface area contributed by atoms with Gasteiger partial charge in [-0.3, -0.25) is 9.59 Å². The van der Waals surface area contributed by atoms with Crippen LogP contribution >= 0.6 is 0 Å². The van der Waals surface area contributed by atoms with Gasteiger partial charge in [0.2, 0.25) is 17.7 Å². The van der Waals surface area contributed by atoms with Gasteiger partial charge in [-0.05, 0) is 61.2 Å². The van der Waals surface area contributed by atoms with E-state index in [-0.39, 0.29) is 73.4 Å². The second kappa shape index (κ2) is 11.3. The van der Waals surface area contributed by atoms with Crippen molar-refractivity contribution < 1.29 is 40.7 Å². The van der Waals surface area contributed by atoms with Crippen molar-refractivity contribution in [3.8, 4) is 0 Å². The highest BCUT2D eigenvalue weighted by Crippen LogP contribution is 2.44. The van der Waals surface area contributed by atoms with Crippen LogP contribution in [0.25, 0.3) is 5.65 Å². The summed E-state index contributed by atoms with van der Waals surface area (Å²) in [5.41, 5.74) is 0.00356. The van der Waals surface area contributed by atoms with Crippen molar-refractivity contribution in [1.82, 2.24) is 45.7 Å². The van der Waals surface area contributed by atoms with Gasteiger partial charge in [0.05, 0.1) is 29.5 Å². The number of carbonyl (C=O) groups excluding carboxylic acids is 2. The van der Waals surface area contributed by atoms with Gasteiger partial charge in [0.15, 0.2) is 17.2 Å². The Labute approximate surface area is 263 Å². The van der Waals surface area contributed by atoms with Crippen molar-refractivity contribution in [2.24, 2.45) is 11.3 Å². The van der Waals surface area contributed by atoms with Crippen LogP contribution in [0.15, 0.2) is 27.6 Å². The lowest BCUT2D eigenvalue weighted by molar-refractivity contribution is -0.155. The topological polar surface area (TPSA) is 166 Å². The first-order valence-electron chi connectivity index (χ1n) is 15.3. The normalized spacial score (nSPS) is 24.0. The predicted molar refractivity (Wildman–Crippen MR) is 148 cm³/mol. The lowest BCUT2D eigenvalue weighted by Crippen LogP contribution is -2.39. The minimum absolute atomic E-state index is 0.0388. The van der Waals surface area contributed by atoms with Crippen LogP contribution in [-0.2, 0) is 17.6 Å². The number of rotatable bonds is 9. The molecule has 3 atom stereocenters. The lowest BCUT2D eigenvalue weighted by Gasteiger charge is -2.33. The van der Waals surface area contributed by atoms with Gasteiger partial charge in [-0.1, -0.05) is 10.3 Å². The molecule has 2 aliphatic carbocycles. The summed E-state index contributed by atoms with van der Waals surface area (Å²) < 4.78 is 80.6. The molecule has 4 aromatic rings. The average Bonchev–Trinajstić information content (AvgIpc) is 3.31. The van der Waals surface area contributed by atoms with Gasteiger partial charge in [0.1, 0.15) is 11.7 Å². The number of aromatic nitrogens is 7. The Morgan fingerprint density at radius 3 is 2.55 bits per heavy atom. The molecular weight excluding hydrogens is 633 g/mol.